The Balaban J connectivity index is 1.43. The highest BCUT2D eigenvalue weighted by atomic mass is 79.9. The molecule has 1 atom stereocenters. The van der Waals surface area contributed by atoms with Crippen molar-refractivity contribution in [1.82, 2.24) is 20.1 Å². The van der Waals surface area contributed by atoms with Crippen LogP contribution in [-0.4, -0.2) is 45.0 Å². The van der Waals surface area contributed by atoms with Crippen LogP contribution in [0.5, 0.6) is 0 Å². The van der Waals surface area contributed by atoms with Crippen LogP contribution < -0.4 is 5.32 Å². The number of rotatable bonds is 4. The molecule has 1 aliphatic rings. The minimum absolute atomic E-state index is 0.0733. The van der Waals surface area contributed by atoms with Crippen molar-refractivity contribution >= 4 is 33.4 Å². The van der Waals surface area contributed by atoms with Crippen molar-refractivity contribution in [3.05, 3.63) is 64.4 Å². The van der Waals surface area contributed by atoms with E-state index in [1.54, 1.807) is 17.2 Å². The largest absolute Gasteiger partial charge is 0.337 e. The second-order valence-electron chi connectivity index (χ2n) is 7.44. The number of aryl methyl sites for hydroxylation is 1. The first-order valence-corrected chi connectivity index (χ1v) is 10.6. The van der Waals surface area contributed by atoms with Crippen molar-refractivity contribution < 1.29 is 9.59 Å². The van der Waals surface area contributed by atoms with E-state index >= 15 is 0 Å². The molecule has 0 aliphatic carbocycles. The lowest BCUT2D eigenvalue weighted by molar-refractivity contribution is -0.121. The topological polar surface area (TPSA) is 91.0 Å². The zero-order valence-electron chi connectivity index (χ0n) is 16.6. The maximum absolute atomic E-state index is 13.0. The van der Waals surface area contributed by atoms with Crippen molar-refractivity contribution in [3.8, 4) is 11.4 Å². The number of aromatic nitrogens is 3. The maximum atomic E-state index is 13.0. The number of pyridine rings is 1. The lowest BCUT2D eigenvalue weighted by atomic mass is 9.96. The van der Waals surface area contributed by atoms with Gasteiger partial charge in [-0.3, -0.25) is 19.7 Å². The Morgan fingerprint density at radius 1 is 1.20 bits per heavy atom. The Morgan fingerprint density at radius 3 is 2.83 bits per heavy atom. The predicted molar refractivity (Wildman–Crippen MR) is 118 cm³/mol. The molecule has 8 heteroatoms. The zero-order valence-corrected chi connectivity index (χ0v) is 18.1. The van der Waals surface area contributed by atoms with E-state index < -0.39 is 0 Å². The van der Waals surface area contributed by atoms with Crippen LogP contribution in [0.3, 0.4) is 0 Å². The number of carbonyl (C=O) groups excluding carboxylic acids is 2. The van der Waals surface area contributed by atoms with Crippen molar-refractivity contribution in [2.24, 2.45) is 5.92 Å². The van der Waals surface area contributed by atoms with Crippen molar-refractivity contribution in [2.45, 2.75) is 19.8 Å². The van der Waals surface area contributed by atoms with E-state index in [0.717, 1.165) is 28.6 Å². The number of amides is 2. The summed E-state index contributed by atoms with van der Waals surface area (Å²) < 4.78 is 0.846. The molecule has 2 amide bonds. The first-order valence-electron chi connectivity index (χ1n) is 9.84. The van der Waals surface area contributed by atoms with Gasteiger partial charge in [-0.1, -0.05) is 12.1 Å². The van der Waals surface area contributed by atoms with Gasteiger partial charge in [-0.05, 0) is 71.6 Å². The van der Waals surface area contributed by atoms with Gasteiger partial charge in [-0.2, -0.15) is 5.10 Å². The van der Waals surface area contributed by atoms with Gasteiger partial charge in [-0.25, -0.2) is 0 Å². The highest BCUT2D eigenvalue weighted by Crippen LogP contribution is 2.26. The number of nitrogens with zero attached hydrogens (tertiary/aromatic N) is 3. The number of piperidine rings is 1. The Bertz CT molecular complexity index is 1070. The van der Waals surface area contributed by atoms with Gasteiger partial charge in [0, 0.05) is 23.8 Å². The van der Waals surface area contributed by atoms with Crippen LogP contribution in [0.15, 0.2) is 53.1 Å². The van der Waals surface area contributed by atoms with Gasteiger partial charge in [0.1, 0.15) is 11.4 Å². The van der Waals surface area contributed by atoms with Gasteiger partial charge in [0.25, 0.3) is 5.91 Å². The van der Waals surface area contributed by atoms with Crippen molar-refractivity contribution in [1.29, 1.82) is 0 Å². The standard InChI is InChI=1S/C22H22BrN5O2/c1-14-7-8-17(16(23)11-14)25-21(29)15-5-4-10-28(13-15)22(30)20-12-19(26-27-20)18-6-2-3-9-24-18/h2-3,6-9,11-12,15H,4-5,10,13H2,1H3,(H,25,29)(H,26,27)/t15-/m0/s1. The number of H-pyrrole nitrogens is 1. The molecule has 0 radical (unpaired) electrons. The second-order valence-corrected chi connectivity index (χ2v) is 8.30. The molecule has 3 heterocycles. The molecule has 1 aromatic carbocycles. The van der Waals surface area contributed by atoms with E-state index in [0.29, 0.717) is 30.2 Å². The summed E-state index contributed by atoms with van der Waals surface area (Å²) in [5.74, 6) is -0.483. The number of likely N-dealkylation sites (tertiary alicyclic amines) is 1. The fourth-order valence-electron chi connectivity index (χ4n) is 3.58. The highest BCUT2D eigenvalue weighted by molar-refractivity contribution is 9.10. The highest BCUT2D eigenvalue weighted by Gasteiger charge is 2.30. The molecule has 3 aromatic rings. The van der Waals surface area contributed by atoms with Crippen LogP contribution >= 0.6 is 15.9 Å². The van der Waals surface area contributed by atoms with Crippen LogP contribution in [0.4, 0.5) is 5.69 Å². The SMILES string of the molecule is Cc1ccc(NC(=O)[C@H]2CCCN(C(=O)c3cc(-c4ccccn4)n[nH]3)C2)c(Br)c1. The van der Waals surface area contributed by atoms with E-state index in [2.05, 4.69) is 36.4 Å². The molecular weight excluding hydrogens is 446 g/mol. The van der Waals surface area contributed by atoms with Gasteiger partial charge in [0.15, 0.2) is 0 Å². The lowest BCUT2D eigenvalue weighted by Crippen LogP contribution is -2.43. The summed E-state index contributed by atoms with van der Waals surface area (Å²) in [5, 5.41) is 10.00. The summed E-state index contributed by atoms with van der Waals surface area (Å²) >= 11 is 3.49. The fourth-order valence-corrected chi connectivity index (χ4v) is 4.17. The number of hydrogen-bond acceptors (Lipinski definition) is 4. The first kappa shape index (κ1) is 20.3. The Morgan fingerprint density at radius 2 is 2.07 bits per heavy atom. The number of carbonyl (C=O) groups is 2. The minimum atomic E-state index is -0.255. The molecule has 0 saturated carbocycles. The average Bonchev–Trinajstić information content (AvgIpc) is 3.26. The zero-order chi connectivity index (χ0) is 21.1. The molecule has 1 fully saturated rings. The summed E-state index contributed by atoms with van der Waals surface area (Å²) in [6.07, 6.45) is 3.22. The van der Waals surface area contributed by atoms with Crippen LogP contribution in [0, 0.1) is 12.8 Å². The smallest absolute Gasteiger partial charge is 0.271 e. The van der Waals surface area contributed by atoms with E-state index in [-0.39, 0.29) is 17.7 Å². The van der Waals surface area contributed by atoms with E-state index in [1.165, 1.54) is 0 Å². The van der Waals surface area contributed by atoms with Gasteiger partial charge >= 0.3 is 0 Å². The third kappa shape index (κ3) is 4.43. The summed E-state index contributed by atoms with van der Waals surface area (Å²) in [5.41, 5.74) is 3.57. The number of aromatic amines is 1. The fraction of sp³-hybridized carbons (Fsp3) is 0.273. The summed E-state index contributed by atoms with van der Waals surface area (Å²) in [4.78, 5) is 31.7. The normalized spacial score (nSPS) is 16.3. The summed E-state index contributed by atoms with van der Waals surface area (Å²) in [6.45, 7) is 3.00. The van der Waals surface area contributed by atoms with Crippen LogP contribution in [0.1, 0.15) is 28.9 Å². The van der Waals surface area contributed by atoms with Gasteiger partial charge in [0.2, 0.25) is 5.91 Å². The third-order valence-electron chi connectivity index (χ3n) is 5.20. The maximum Gasteiger partial charge on any atom is 0.271 e. The predicted octanol–water partition coefficient (Wildman–Crippen LogP) is 4.03. The van der Waals surface area contributed by atoms with Crippen molar-refractivity contribution in [3.63, 3.8) is 0 Å². The van der Waals surface area contributed by atoms with Crippen molar-refractivity contribution in [2.75, 3.05) is 18.4 Å². The van der Waals surface area contributed by atoms with Crippen LogP contribution in [0.25, 0.3) is 11.4 Å². The van der Waals surface area contributed by atoms with Crippen LogP contribution in [0.2, 0.25) is 0 Å². The quantitative estimate of drug-likeness (QED) is 0.605. The molecule has 154 valence electrons. The number of hydrogen-bond donors (Lipinski definition) is 2. The molecule has 2 aromatic heterocycles. The molecule has 7 nitrogen and oxygen atoms in total. The summed E-state index contributed by atoms with van der Waals surface area (Å²) in [7, 11) is 0. The number of benzene rings is 1. The lowest BCUT2D eigenvalue weighted by Gasteiger charge is -2.31. The molecule has 1 aliphatic heterocycles. The summed E-state index contributed by atoms with van der Waals surface area (Å²) in [6, 6.07) is 13.0. The monoisotopic (exact) mass is 467 g/mol. The molecule has 4 rings (SSSR count). The molecule has 0 spiro atoms. The molecule has 30 heavy (non-hydrogen) atoms. The number of nitrogens with one attached hydrogen (secondary N) is 2. The Kier molecular flexibility index (Phi) is 5.94. The number of anilines is 1. The van der Waals surface area contributed by atoms with Gasteiger partial charge in [-0.15, -0.1) is 0 Å². The molecule has 1 saturated heterocycles. The second kappa shape index (κ2) is 8.79. The third-order valence-corrected chi connectivity index (χ3v) is 5.85. The Labute approximate surface area is 183 Å². The average molecular weight is 468 g/mol. The van der Waals surface area contributed by atoms with Gasteiger partial charge in [0.05, 0.1) is 17.3 Å². The molecule has 2 N–H and O–H groups in total. The molecule has 0 bridgehead atoms. The minimum Gasteiger partial charge on any atom is -0.337 e. The van der Waals surface area contributed by atoms with E-state index in [9.17, 15) is 9.59 Å². The van der Waals surface area contributed by atoms with Gasteiger partial charge < -0.3 is 10.2 Å². The molecular formula is C22H22BrN5O2. The van der Waals surface area contributed by atoms with E-state index in [1.807, 2.05) is 43.3 Å². The first-order chi connectivity index (χ1) is 14.5. The Hall–Kier alpha value is -3.00. The van der Waals surface area contributed by atoms with Crippen LogP contribution in [-0.2, 0) is 4.79 Å². The van der Waals surface area contributed by atoms with E-state index in [4.69, 9.17) is 0 Å². The molecule has 0 unspecified atom stereocenters. The number of halogens is 1.